The van der Waals surface area contributed by atoms with Crippen LogP contribution in [0.2, 0.25) is 0 Å². The molecule has 17 heavy (non-hydrogen) atoms. The number of nitrogens with one attached hydrogen (secondary N) is 1. The lowest BCUT2D eigenvalue weighted by molar-refractivity contribution is 0.281. The molecule has 1 aromatic heterocycles. The maximum absolute atomic E-state index is 8.99. The van der Waals surface area contributed by atoms with Crippen molar-refractivity contribution in [1.82, 2.24) is 15.2 Å². The van der Waals surface area contributed by atoms with Gasteiger partial charge in [-0.25, -0.2) is 0 Å². The van der Waals surface area contributed by atoms with Gasteiger partial charge in [-0.15, -0.1) is 0 Å². The van der Waals surface area contributed by atoms with Crippen LogP contribution in [-0.2, 0) is 13.2 Å². The van der Waals surface area contributed by atoms with E-state index in [9.17, 15) is 0 Å². The zero-order chi connectivity index (χ0) is 12.5. The summed E-state index contributed by atoms with van der Waals surface area (Å²) in [7, 11) is 4.09. The van der Waals surface area contributed by atoms with E-state index >= 15 is 0 Å². The second-order valence-corrected chi connectivity index (χ2v) is 4.18. The van der Waals surface area contributed by atoms with Crippen molar-refractivity contribution in [3.8, 4) is 0 Å². The molecule has 4 heteroatoms. The Morgan fingerprint density at radius 3 is 2.94 bits per heavy atom. The summed E-state index contributed by atoms with van der Waals surface area (Å²) in [6, 6.07) is 3.73. The Labute approximate surface area is 103 Å². The fraction of sp³-hybridized carbons (Fsp3) is 0.462. The summed E-state index contributed by atoms with van der Waals surface area (Å²) in [6.45, 7) is 2.58. The smallest absolute Gasteiger partial charge is 0.0683 e. The highest BCUT2D eigenvalue weighted by atomic mass is 16.3. The van der Waals surface area contributed by atoms with Crippen LogP contribution in [0.1, 0.15) is 11.3 Å². The van der Waals surface area contributed by atoms with E-state index in [0.29, 0.717) is 0 Å². The van der Waals surface area contributed by atoms with Crippen LogP contribution in [-0.4, -0.2) is 42.2 Å². The Kier molecular flexibility index (Phi) is 6.47. The topological polar surface area (TPSA) is 48.4 Å². The molecule has 0 unspecified atom stereocenters. The standard InChI is InChI=1S/C13H21N3O/c1-16(2)8-4-3-6-14-10-13-9-12(11-17)5-7-15-13/h3-5,7,9,14,17H,6,8,10-11H2,1-2H3. The minimum atomic E-state index is 0.0677. The molecule has 0 aliphatic heterocycles. The quantitative estimate of drug-likeness (QED) is 0.542. The second-order valence-electron chi connectivity index (χ2n) is 4.18. The van der Waals surface area contributed by atoms with E-state index in [1.54, 1.807) is 6.20 Å². The fourth-order valence-electron chi connectivity index (χ4n) is 1.38. The van der Waals surface area contributed by atoms with Crippen molar-refractivity contribution in [3.63, 3.8) is 0 Å². The van der Waals surface area contributed by atoms with Gasteiger partial charge in [0.2, 0.25) is 0 Å². The highest BCUT2D eigenvalue weighted by Crippen LogP contribution is 2.00. The van der Waals surface area contributed by atoms with Crippen molar-refractivity contribution in [2.75, 3.05) is 27.2 Å². The van der Waals surface area contributed by atoms with Crippen molar-refractivity contribution in [2.45, 2.75) is 13.2 Å². The highest BCUT2D eigenvalue weighted by molar-refractivity contribution is 5.15. The van der Waals surface area contributed by atoms with Gasteiger partial charge in [-0.3, -0.25) is 4.98 Å². The van der Waals surface area contributed by atoms with Gasteiger partial charge in [-0.05, 0) is 31.8 Å². The Morgan fingerprint density at radius 1 is 1.41 bits per heavy atom. The summed E-state index contributed by atoms with van der Waals surface area (Å²) < 4.78 is 0. The van der Waals surface area contributed by atoms with Crippen molar-refractivity contribution in [3.05, 3.63) is 41.7 Å². The van der Waals surface area contributed by atoms with Crippen LogP contribution in [0, 0.1) is 0 Å². The highest BCUT2D eigenvalue weighted by Gasteiger charge is 1.95. The number of rotatable bonds is 7. The zero-order valence-corrected chi connectivity index (χ0v) is 10.6. The Morgan fingerprint density at radius 2 is 2.24 bits per heavy atom. The lowest BCUT2D eigenvalue weighted by atomic mass is 10.2. The van der Waals surface area contributed by atoms with Gasteiger partial charge in [-0.1, -0.05) is 12.2 Å². The maximum atomic E-state index is 8.99. The van der Waals surface area contributed by atoms with Crippen LogP contribution < -0.4 is 5.32 Å². The van der Waals surface area contributed by atoms with Gasteiger partial charge >= 0.3 is 0 Å². The lowest BCUT2D eigenvalue weighted by Crippen LogP contribution is -2.15. The molecule has 0 spiro atoms. The summed E-state index contributed by atoms with van der Waals surface area (Å²) >= 11 is 0. The maximum Gasteiger partial charge on any atom is 0.0683 e. The number of nitrogens with zero attached hydrogens (tertiary/aromatic N) is 2. The van der Waals surface area contributed by atoms with Crippen LogP contribution in [0.15, 0.2) is 30.5 Å². The summed E-state index contributed by atoms with van der Waals surface area (Å²) in [5.41, 5.74) is 1.86. The van der Waals surface area contributed by atoms with Crippen LogP contribution in [0.25, 0.3) is 0 Å². The molecule has 1 aromatic rings. The third kappa shape index (κ3) is 6.16. The van der Waals surface area contributed by atoms with E-state index in [-0.39, 0.29) is 6.61 Å². The van der Waals surface area contributed by atoms with Gasteiger partial charge in [0, 0.05) is 25.8 Å². The van der Waals surface area contributed by atoms with E-state index in [0.717, 1.165) is 30.9 Å². The molecule has 0 radical (unpaired) electrons. The largest absolute Gasteiger partial charge is 0.392 e. The third-order valence-electron chi connectivity index (χ3n) is 2.27. The average molecular weight is 235 g/mol. The van der Waals surface area contributed by atoms with Gasteiger partial charge in [0.15, 0.2) is 0 Å². The van der Waals surface area contributed by atoms with Crippen LogP contribution in [0.3, 0.4) is 0 Å². The molecule has 0 amide bonds. The first-order valence-electron chi connectivity index (χ1n) is 5.77. The Hall–Kier alpha value is -1.23. The lowest BCUT2D eigenvalue weighted by Gasteiger charge is -2.05. The molecule has 2 N–H and O–H groups in total. The van der Waals surface area contributed by atoms with Crippen LogP contribution in [0.4, 0.5) is 0 Å². The number of hydrogen-bond donors (Lipinski definition) is 2. The molecule has 0 saturated carbocycles. The number of pyridine rings is 1. The van der Waals surface area contributed by atoms with E-state index in [4.69, 9.17) is 5.11 Å². The van der Waals surface area contributed by atoms with E-state index in [2.05, 4.69) is 27.4 Å². The second kappa shape index (κ2) is 7.95. The van der Waals surface area contributed by atoms with Gasteiger partial charge in [-0.2, -0.15) is 0 Å². The van der Waals surface area contributed by atoms with Gasteiger partial charge in [0.1, 0.15) is 0 Å². The molecule has 4 nitrogen and oxygen atoms in total. The molecule has 94 valence electrons. The SMILES string of the molecule is CN(C)CC=CCNCc1cc(CO)ccn1. The third-order valence-corrected chi connectivity index (χ3v) is 2.27. The average Bonchev–Trinajstić information content (AvgIpc) is 2.33. The predicted molar refractivity (Wildman–Crippen MR) is 69.6 cm³/mol. The van der Waals surface area contributed by atoms with Crippen molar-refractivity contribution in [2.24, 2.45) is 0 Å². The molecule has 1 heterocycles. The molecule has 0 fully saturated rings. The number of hydrogen-bond acceptors (Lipinski definition) is 4. The first-order valence-corrected chi connectivity index (χ1v) is 5.77. The first-order chi connectivity index (χ1) is 8.22. The molecule has 0 saturated heterocycles. The number of aliphatic hydroxyl groups excluding tert-OH is 1. The van der Waals surface area contributed by atoms with Gasteiger partial charge in [0.25, 0.3) is 0 Å². The fourth-order valence-corrected chi connectivity index (χ4v) is 1.38. The first kappa shape index (κ1) is 13.8. The zero-order valence-electron chi connectivity index (χ0n) is 10.6. The van der Waals surface area contributed by atoms with E-state index in [1.165, 1.54) is 0 Å². The monoisotopic (exact) mass is 235 g/mol. The number of aromatic nitrogens is 1. The molecule has 0 aliphatic rings. The number of likely N-dealkylation sites (N-methyl/N-ethyl adjacent to an activating group) is 1. The summed E-state index contributed by atoms with van der Waals surface area (Å²) in [5.74, 6) is 0. The molecule has 0 atom stereocenters. The predicted octanol–water partition coefficient (Wildman–Crippen LogP) is 0.781. The molecule has 0 aromatic carbocycles. The van der Waals surface area contributed by atoms with Gasteiger partial charge < -0.3 is 15.3 Å². The minimum Gasteiger partial charge on any atom is -0.392 e. The molecular formula is C13H21N3O. The number of aliphatic hydroxyl groups is 1. The van der Waals surface area contributed by atoms with E-state index < -0.39 is 0 Å². The normalized spacial score (nSPS) is 11.5. The molecule has 0 bridgehead atoms. The summed E-state index contributed by atoms with van der Waals surface area (Å²) in [4.78, 5) is 6.34. The Balaban J connectivity index is 2.24. The molecule has 1 rings (SSSR count). The Bertz CT molecular complexity index is 350. The van der Waals surface area contributed by atoms with Gasteiger partial charge in [0.05, 0.1) is 12.3 Å². The summed E-state index contributed by atoms with van der Waals surface area (Å²) in [6.07, 6.45) is 5.96. The van der Waals surface area contributed by atoms with Crippen LogP contribution in [0.5, 0.6) is 0 Å². The minimum absolute atomic E-state index is 0.0677. The van der Waals surface area contributed by atoms with Crippen LogP contribution >= 0.6 is 0 Å². The van der Waals surface area contributed by atoms with Crippen molar-refractivity contribution < 1.29 is 5.11 Å². The molecule has 0 aliphatic carbocycles. The summed E-state index contributed by atoms with van der Waals surface area (Å²) in [5, 5.41) is 12.3. The van der Waals surface area contributed by atoms with Crippen molar-refractivity contribution in [1.29, 1.82) is 0 Å². The van der Waals surface area contributed by atoms with Crippen molar-refractivity contribution >= 4 is 0 Å². The van der Waals surface area contributed by atoms with E-state index in [1.807, 2.05) is 26.2 Å². The molecular weight excluding hydrogens is 214 g/mol.